The number of anilines is 2. The number of nitro groups is 1. The van der Waals surface area contributed by atoms with E-state index in [1.54, 1.807) is 0 Å². The molecule has 0 saturated heterocycles. The molecule has 2 aromatic carbocycles. The van der Waals surface area contributed by atoms with Crippen LogP contribution in [0.3, 0.4) is 0 Å². The lowest BCUT2D eigenvalue weighted by Crippen LogP contribution is -2.33. The Morgan fingerprint density at radius 1 is 1.19 bits per heavy atom. The summed E-state index contributed by atoms with van der Waals surface area (Å²) in [7, 11) is 0. The van der Waals surface area contributed by atoms with Crippen LogP contribution < -0.4 is 16.2 Å². The minimum absolute atomic E-state index is 0.100. The van der Waals surface area contributed by atoms with Crippen molar-refractivity contribution >= 4 is 34.4 Å². The van der Waals surface area contributed by atoms with Crippen molar-refractivity contribution in [2.24, 2.45) is 0 Å². The van der Waals surface area contributed by atoms with Crippen LogP contribution in [0.15, 0.2) is 42.5 Å². The van der Waals surface area contributed by atoms with Gasteiger partial charge in [0.15, 0.2) is 5.11 Å². The van der Waals surface area contributed by atoms with E-state index in [0.717, 1.165) is 24.1 Å². The summed E-state index contributed by atoms with van der Waals surface area (Å²) < 4.78 is 38.1. The summed E-state index contributed by atoms with van der Waals surface area (Å²) in [5, 5.41) is 14.0. The number of nitrogens with zero attached hydrogens (tertiary/aromatic N) is 1. The third-order valence-corrected chi connectivity index (χ3v) is 3.66. The van der Waals surface area contributed by atoms with Crippen molar-refractivity contribution in [3.05, 3.63) is 63.7 Å². The van der Waals surface area contributed by atoms with Crippen LogP contribution in [0.1, 0.15) is 18.1 Å². The highest BCUT2D eigenvalue weighted by Gasteiger charge is 2.33. The van der Waals surface area contributed by atoms with Crippen molar-refractivity contribution < 1.29 is 18.1 Å². The minimum Gasteiger partial charge on any atom is -0.331 e. The first-order valence-corrected chi connectivity index (χ1v) is 7.89. The molecular formula is C16H15F3N4O2S. The number of benzene rings is 2. The van der Waals surface area contributed by atoms with Crippen molar-refractivity contribution in [2.45, 2.75) is 19.5 Å². The summed E-state index contributed by atoms with van der Waals surface area (Å²) in [5.41, 5.74) is 4.84. The van der Waals surface area contributed by atoms with Gasteiger partial charge in [0.05, 0.1) is 10.5 Å². The number of thiocarbonyl (C=S) groups is 1. The summed E-state index contributed by atoms with van der Waals surface area (Å²) in [5.74, 6) is 0. The molecule has 0 amide bonds. The molecule has 3 N–H and O–H groups in total. The Hall–Kier alpha value is -2.88. The number of nitrogens with one attached hydrogen (secondary N) is 3. The van der Waals surface area contributed by atoms with Gasteiger partial charge in [-0.3, -0.25) is 21.0 Å². The molecule has 6 nitrogen and oxygen atoms in total. The molecule has 138 valence electrons. The number of hydrazine groups is 1. The first-order chi connectivity index (χ1) is 12.2. The van der Waals surface area contributed by atoms with E-state index in [0.29, 0.717) is 11.8 Å². The van der Waals surface area contributed by atoms with Gasteiger partial charge in [-0.05, 0) is 48.5 Å². The van der Waals surface area contributed by atoms with E-state index in [1.807, 2.05) is 31.2 Å². The van der Waals surface area contributed by atoms with E-state index in [4.69, 9.17) is 12.2 Å². The maximum absolute atomic E-state index is 12.7. The molecule has 0 bridgehead atoms. The molecule has 0 aliphatic heterocycles. The van der Waals surface area contributed by atoms with Gasteiger partial charge in [-0.25, -0.2) is 0 Å². The van der Waals surface area contributed by atoms with Gasteiger partial charge >= 0.3 is 6.18 Å². The van der Waals surface area contributed by atoms with Crippen LogP contribution in [-0.2, 0) is 12.6 Å². The summed E-state index contributed by atoms with van der Waals surface area (Å²) >= 11 is 5.06. The number of hydrogen-bond acceptors (Lipinski definition) is 4. The summed E-state index contributed by atoms with van der Waals surface area (Å²) in [6, 6.07) is 9.63. The van der Waals surface area contributed by atoms with Gasteiger partial charge in [0.2, 0.25) is 0 Å². The predicted octanol–water partition coefficient (Wildman–Crippen LogP) is 4.49. The number of hydrogen-bond donors (Lipinski definition) is 3. The van der Waals surface area contributed by atoms with Crippen LogP contribution in [0.25, 0.3) is 0 Å². The second-order valence-corrected chi connectivity index (χ2v) is 5.65. The van der Waals surface area contributed by atoms with Crippen LogP contribution in [0.5, 0.6) is 0 Å². The first kappa shape index (κ1) is 19.4. The minimum atomic E-state index is -4.67. The number of rotatable bonds is 5. The second kappa shape index (κ2) is 8.00. The van der Waals surface area contributed by atoms with E-state index in [1.165, 1.54) is 0 Å². The van der Waals surface area contributed by atoms with Crippen molar-refractivity contribution in [3.63, 3.8) is 0 Å². The Bertz CT molecular complexity index is 810. The molecule has 0 aromatic heterocycles. The normalized spacial score (nSPS) is 10.9. The van der Waals surface area contributed by atoms with Gasteiger partial charge < -0.3 is 5.32 Å². The molecule has 0 fully saturated rings. The topological polar surface area (TPSA) is 79.2 Å². The zero-order valence-electron chi connectivity index (χ0n) is 13.6. The first-order valence-electron chi connectivity index (χ1n) is 7.48. The molecule has 0 heterocycles. The van der Waals surface area contributed by atoms with Gasteiger partial charge in [-0.2, -0.15) is 13.2 Å². The number of aryl methyl sites for hydroxylation is 1. The fourth-order valence-electron chi connectivity index (χ4n) is 2.07. The summed E-state index contributed by atoms with van der Waals surface area (Å²) in [6.07, 6.45) is -3.78. The SMILES string of the molecule is CCc1ccc(NC(=S)NNc2ccc(C(F)(F)F)cc2[N+](=O)[O-])cc1. The molecule has 10 heteroatoms. The Labute approximate surface area is 152 Å². The zero-order valence-corrected chi connectivity index (χ0v) is 14.4. The number of halogens is 3. The maximum Gasteiger partial charge on any atom is 0.416 e. The van der Waals surface area contributed by atoms with Crippen LogP contribution in [0.2, 0.25) is 0 Å². The average Bonchev–Trinajstić information content (AvgIpc) is 2.59. The van der Waals surface area contributed by atoms with Crippen LogP contribution in [0, 0.1) is 10.1 Å². The smallest absolute Gasteiger partial charge is 0.331 e. The lowest BCUT2D eigenvalue weighted by atomic mass is 10.1. The van der Waals surface area contributed by atoms with Crippen molar-refractivity contribution in [3.8, 4) is 0 Å². The van der Waals surface area contributed by atoms with E-state index in [-0.39, 0.29) is 10.8 Å². The summed E-state index contributed by atoms with van der Waals surface area (Å²) in [6.45, 7) is 2.02. The largest absolute Gasteiger partial charge is 0.416 e. The average molecular weight is 384 g/mol. The maximum atomic E-state index is 12.7. The molecule has 0 radical (unpaired) electrons. The molecule has 0 unspecified atom stereocenters. The molecule has 0 saturated carbocycles. The third kappa shape index (κ3) is 5.06. The van der Waals surface area contributed by atoms with Crippen molar-refractivity contribution in [1.82, 2.24) is 5.43 Å². The number of alkyl halides is 3. The van der Waals surface area contributed by atoms with Gasteiger partial charge in [-0.15, -0.1) is 0 Å². The van der Waals surface area contributed by atoms with Gasteiger partial charge in [0.1, 0.15) is 5.69 Å². The molecule has 0 spiro atoms. The third-order valence-electron chi connectivity index (χ3n) is 3.45. The highest BCUT2D eigenvalue weighted by atomic mass is 32.1. The highest BCUT2D eigenvalue weighted by molar-refractivity contribution is 7.80. The molecule has 2 rings (SSSR count). The molecule has 0 atom stereocenters. The highest BCUT2D eigenvalue weighted by Crippen LogP contribution is 2.34. The summed E-state index contributed by atoms with van der Waals surface area (Å²) in [4.78, 5) is 10.1. The predicted molar refractivity (Wildman–Crippen MR) is 96.9 cm³/mol. The molecule has 0 aliphatic carbocycles. The fourth-order valence-corrected chi connectivity index (χ4v) is 2.24. The molecule has 26 heavy (non-hydrogen) atoms. The Morgan fingerprint density at radius 3 is 2.38 bits per heavy atom. The van der Waals surface area contributed by atoms with Crippen LogP contribution in [0.4, 0.5) is 30.2 Å². The molecule has 2 aromatic rings. The van der Waals surface area contributed by atoms with E-state index >= 15 is 0 Å². The molecule has 0 aliphatic rings. The zero-order chi connectivity index (χ0) is 19.3. The Morgan fingerprint density at radius 2 is 1.85 bits per heavy atom. The lowest BCUT2D eigenvalue weighted by molar-refractivity contribution is -0.384. The van der Waals surface area contributed by atoms with Gasteiger partial charge in [-0.1, -0.05) is 19.1 Å². The fraction of sp³-hybridized carbons (Fsp3) is 0.188. The van der Waals surface area contributed by atoms with Crippen molar-refractivity contribution in [2.75, 3.05) is 10.7 Å². The van der Waals surface area contributed by atoms with Crippen LogP contribution in [-0.4, -0.2) is 10.0 Å². The van der Waals surface area contributed by atoms with E-state index < -0.39 is 22.4 Å². The second-order valence-electron chi connectivity index (χ2n) is 5.24. The molecular weight excluding hydrogens is 369 g/mol. The monoisotopic (exact) mass is 384 g/mol. The lowest BCUT2D eigenvalue weighted by Gasteiger charge is -2.14. The number of nitro benzene ring substituents is 1. The van der Waals surface area contributed by atoms with E-state index in [2.05, 4.69) is 16.2 Å². The van der Waals surface area contributed by atoms with Gasteiger partial charge in [0, 0.05) is 11.8 Å². The van der Waals surface area contributed by atoms with Gasteiger partial charge in [0.25, 0.3) is 5.69 Å². The standard InChI is InChI=1S/C16H15F3N4O2S/c1-2-10-3-6-12(7-4-10)20-15(26)22-21-13-8-5-11(16(17,18)19)9-14(13)23(24)25/h3-9,21H,2H2,1H3,(H2,20,22,26). The van der Waals surface area contributed by atoms with Crippen molar-refractivity contribution in [1.29, 1.82) is 0 Å². The van der Waals surface area contributed by atoms with Crippen LogP contribution >= 0.6 is 12.2 Å². The Kier molecular flexibility index (Phi) is 5.98. The Balaban J connectivity index is 2.05. The van der Waals surface area contributed by atoms with E-state index in [9.17, 15) is 23.3 Å². The quantitative estimate of drug-likeness (QED) is 0.400.